The zero-order valence-corrected chi connectivity index (χ0v) is 19.7. The molecule has 4 nitrogen and oxygen atoms in total. The van der Waals surface area contributed by atoms with Gasteiger partial charge < -0.3 is 9.57 Å². The maximum atomic E-state index is 12.8. The van der Waals surface area contributed by atoms with E-state index in [1.807, 2.05) is 0 Å². The first-order valence-corrected chi connectivity index (χ1v) is 10.5. The van der Waals surface area contributed by atoms with Crippen LogP contribution in [0.4, 0.5) is 13.2 Å². The number of carbonyl (C=O) groups excluding carboxylic acids is 1. The molecule has 0 saturated heterocycles. The molecule has 0 amide bonds. The van der Waals surface area contributed by atoms with E-state index in [0.29, 0.717) is 32.3 Å². The summed E-state index contributed by atoms with van der Waals surface area (Å²) in [5, 5.41) is 4.76. The van der Waals surface area contributed by atoms with Crippen molar-refractivity contribution in [2.24, 2.45) is 5.16 Å². The lowest BCUT2D eigenvalue weighted by Gasteiger charge is -2.20. The Labute approximate surface area is 195 Å². The molecule has 2 aromatic rings. The predicted octanol–water partition coefficient (Wildman–Crippen LogP) is 7.52. The second-order valence-corrected chi connectivity index (χ2v) is 9.11. The third-order valence-electron chi connectivity index (χ3n) is 4.15. The number of rotatable bonds is 7. The highest BCUT2D eigenvalue weighted by molar-refractivity contribution is 6.34. The fourth-order valence-corrected chi connectivity index (χ4v) is 3.36. The lowest BCUT2D eigenvalue weighted by Crippen LogP contribution is -2.24. The minimum atomic E-state index is -4.35. The van der Waals surface area contributed by atoms with Gasteiger partial charge in [-0.25, -0.2) is 4.79 Å². The zero-order valence-electron chi connectivity index (χ0n) is 18.1. The molecule has 0 atom stereocenters. The first kappa shape index (κ1) is 26.0. The van der Waals surface area contributed by atoms with Gasteiger partial charge in [-0.3, -0.25) is 0 Å². The molecule has 0 spiro atoms. The van der Waals surface area contributed by atoms with Crippen LogP contribution in [-0.4, -0.2) is 23.5 Å². The maximum Gasteiger partial charge on any atom is 0.389 e. The van der Waals surface area contributed by atoms with Crippen LogP contribution in [0.3, 0.4) is 0 Å². The van der Waals surface area contributed by atoms with E-state index in [2.05, 4.69) is 5.16 Å². The van der Waals surface area contributed by atoms with Gasteiger partial charge in [0.25, 0.3) is 0 Å². The van der Waals surface area contributed by atoms with Gasteiger partial charge in [-0.2, -0.15) is 13.2 Å². The number of aryl methyl sites for hydroxylation is 1. The molecule has 0 aliphatic carbocycles. The topological polar surface area (TPSA) is 47.9 Å². The van der Waals surface area contributed by atoms with Crippen LogP contribution in [-0.2, 0) is 16.2 Å². The molecule has 0 aliphatic rings. The molecule has 0 heterocycles. The number of nitrogens with zero attached hydrogens (tertiary/aromatic N) is 1. The molecule has 32 heavy (non-hydrogen) atoms. The van der Waals surface area contributed by atoms with E-state index in [0.717, 1.165) is 0 Å². The maximum absolute atomic E-state index is 12.8. The monoisotopic (exact) mass is 489 g/mol. The van der Waals surface area contributed by atoms with Crippen molar-refractivity contribution in [1.29, 1.82) is 0 Å². The molecule has 0 unspecified atom stereocenters. The molecule has 0 aliphatic heterocycles. The Balaban J connectivity index is 2.26. The van der Waals surface area contributed by atoms with Crippen LogP contribution < -0.4 is 0 Å². The fraction of sp³-hybridized carbons (Fsp3) is 0.391. The summed E-state index contributed by atoms with van der Waals surface area (Å²) in [7, 11) is 0. The number of carbonyl (C=O) groups is 1. The smallest absolute Gasteiger partial charge is 0.389 e. The highest BCUT2D eigenvalue weighted by atomic mass is 35.5. The van der Waals surface area contributed by atoms with Gasteiger partial charge in [0.05, 0.1) is 11.3 Å². The number of alkyl halides is 3. The van der Waals surface area contributed by atoms with Gasteiger partial charge in [0.15, 0.2) is 0 Å². The summed E-state index contributed by atoms with van der Waals surface area (Å²) < 4.78 is 43.9. The van der Waals surface area contributed by atoms with E-state index in [4.69, 9.17) is 32.8 Å². The van der Waals surface area contributed by atoms with Crippen LogP contribution in [0.2, 0.25) is 10.0 Å². The number of ether oxygens (including phenoxy) is 1. The van der Waals surface area contributed by atoms with E-state index in [1.54, 1.807) is 52.0 Å². The third kappa shape index (κ3) is 8.71. The number of oxime groups is 1. The largest absolute Gasteiger partial charge is 0.456 e. The molecule has 0 aromatic heterocycles. The Hall–Kier alpha value is -2.25. The number of esters is 1. The van der Waals surface area contributed by atoms with E-state index in [-0.39, 0.29) is 18.7 Å². The quantitative estimate of drug-likeness (QED) is 0.229. The van der Waals surface area contributed by atoms with Crippen molar-refractivity contribution in [3.8, 4) is 0 Å². The molecular weight excluding hydrogens is 466 g/mol. The lowest BCUT2D eigenvalue weighted by atomic mass is 9.99. The van der Waals surface area contributed by atoms with Gasteiger partial charge in [-0.15, -0.1) is 0 Å². The summed E-state index contributed by atoms with van der Waals surface area (Å²) in [4.78, 5) is 17.7. The average molecular weight is 490 g/mol. The van der Waals surface area contributed by atoms with Gasteiger partial charge in [0.2, 0.25) is 0 Å². The molecule has 174 valence electrons. The van der Waals surface area contributed by atoms with Crippen molar-refractivity contribution in [1.82, 2.24) is 0 Å². The highest BCUT2D eigenvalue weighted by Crippen LogP contribution is 2.25. The minimum Gasteiger partial charge on any atom is -0.456 e. The Bertz CT molecular complexity index is 979. The number of halogens is 5. The second kappa shape index (κ2) is 10.6. The summed E-state index contributed by atoms with van der Waals surface area (Å²) in [5.74, 6) is -0.510. The number of hydrogen-bond acceptors (Lipinski definition) is 4. The van der Waals surface area contributed by atoms with Crippen molar-refractivity contribution < 1.29 is 27.5 Å². The van der Waals surface area contributed by atoms with E-state index < -0.39 is 24.2 Å². The van der Waals surface area contributed by atoms with Crippen LogP contribution in [0.25, 0.3) is 0 Å². The SMILES string of the molecule is Cc1cc(/C(CCC(F)(F)F)=N\OCc2cc(Cl)cc(Cl)c2)ccc1C(=O)OC(C)(C)C. The molecule has 0 radical (unpaired) electrons. The summed E-state index contributed by atoms with van der Waals surface area (Å²) in [6.45, 7) is 6.91. The van der Waals surface area contributed by atoms with Crippen LogP contribution >= 0.6 is 23.2 Å². The Morgan fingerprint density at radius 1 is 1.03 bits per heavy atom. The standard InChI is InChI=1S/C23H24Cl2F3NO3/c1-14-9-16(5-6-19(14)21(30)32-22(2,3)4)20(7-8-23(26,27)28)29-31-13-15-10-17(24)12-18(25)11-15/h5-6,9-12H,7-8,13H2,1-4H3/b29-20-. The predicted molar refractivity (Wildman–Crippen MR) is 119 cm³/mol. The summed E-state index contributed by atoms with van der Waals surface area (Å²) in [6, 6.07) is 9.43. The second-order valence-electron chi connectivity index (χ2n) is 8.24. The van der Waals surface area contributed by atoms with Crippen LogP contribution in [0.1, 0.15) is 60.7 Å². The first-order valence-electron chi connectivity index (χ1n) is 9.78. The molecule has 2 rings (SSSR count). The van der Waals surface area contributed by atoms with Crippen LogP contribution in [0, 0.1) is 6.92 Å². The Kier molecular flexibility index (Phi) is 8.60. The molecular formula is C23H24Cl2F3NO3. The molecule has 0 bridgehead atoms. The van der Waals surface area contributed by atoms with Gasteiger partial charge in [0, 0.05) is 22.9 Å². The lowest BCUT2D eigenvalue weighted by molar-refractivity contribution is -0.132. The van der Waals surface area contributed by atoms with E-state index >= 15 is 0 Å². The third-order valence-corrected chi connectivity index (χ3v) is 4.59. The Morgan fingerprint density at radius 2 is 1.66 bits per heavy atom. The van der Waals surface area contributed by atoms with Crippen molar-refractivity contribution in [3.05, 3.63) is 68.7 Å². The van der Waals surface area contributed by atoms with Gasteiger partial charge in [0.1, 0.15) is 12.2 Å². The van der Waals surface area contributed by atoms with Crippen molar-refractivity contribution in [3.63, 3.8) is 0 Å². The average Bonchev–Trinajstić information content (AvgIpc) is 2.61. The van der Waals surface area contributed by atoms with E-state index in [1.165, 1.54) is 12.1 Å². The van der Waals surface area contributed by atoms with E-state index in [9.17, 15) is 18.0 Å². The Morgan fingerprint density at radius 3 is 2.19 bits per heavy atom. The first-order chi connectivity index (χ1) is 14.7. The minimum absolute atomic E-state index is 0.0230. The van der Waals surface area contributed by atoms with Gasteiger partial charge in [-0.05, 0) is 74.7 Å². The number of hydrogen-bond donors (Lipinski definition) is 0. The fourth-order valence-electron chi connectivity index (χ4n) is 2.79. The van der Waals surface area contributed by atoms with Crippen molar-refractivity contribution >= 4 is 34.9 Å². The zero-order chi connectivity index (χ0) is 24.1. The molecule has 0 saturated carbocycles. The summed E-state index contributed by atoms with van der Waals surface area (Å²) >= 11 is 11.9. The summed E-state index contributed by atoms with van der Waals surface area (Å²) in [6.07, 6.45) is -5.80. The van der Waals surface area contributed by atoms with Crippen molar-refractivity contribution in [2.45, 2.75) is 58.9 Å². The molecule has 0 fully saturated rings. The van der Waals surface area contributed by atoms with Crippen LogP contribution in [0.5, 0.6) is 0 Å². The summed E-state index contributed by atoms with van der Waals surface area (Å²) in [5.41, 5.74) is 1.36. The molecule has 9 heteroatoms. The molecule has 2 aromatic carbocycles. The normalized spacial score (nSPS) is 12.6. The van der Waals surface area contributed by atoms with Crippen molar-refractivity contribution in [2.75, 3.05) is 0 Å². The van der Waals surface area contributed by atoms with Gasteiger partial charge in [-0.1, -0.05) is 34.4 Å². The van der Waals surface area contributed by atoms with Crippen LogP contribution in [0.15, 0.2) is 41.6 Å². The van der Waals surface area contributed by atoms with Gasteiger partial charge >= 0.3 is 12.1 Å². The number of benzene rings is 2. The highest BCUT2D eigenvalue weighted by Gasteiger charge is 2.28. The molecule has 0 N–H and O–H groups in total.